The van der Waals surface area contributed by atoms with Crippen LogP contribution < -0.4 is 0 Å². The molecule has 9 heteroatoms. The lowest BCUT2D eigenvalue weighted by Crippen LogP contribution is -2.35. The second kappa shape index (κ2) is 8.66. The van der Waals surface area contributed by atoms with Crippen LogP contribution in [0.2, 0.25) is 0 Å². The van der Waals surface area contributed by atoms with Crippen LogP contribution in [0.5, 0.6) is 0 Å². The van der Waals surface area contributed by atoms with E-state index in [4.69, 9.17) is 14.2 Å². The van der Waals surface area contributed by atoms with Crippen molar-refractivity contribution in [1.29, 1.82) is 0 Å². The van der Waals surface area contributed by atoms with Crippen molar-refractivity contribution in [3.8, 4) is 0 Å². The Morgan fingerprint density at radius 1 is 1.43 bits per heavy atom. The van der Waals surface area contributed by atoms with Crippen LogP contribution >= 0.6 is 0 Å². The number of pyridine rings is 1. The van der Waals surface area contributed by atoms with Crippen LogP contribution in [-0.4, -0.2) is 65.5 Å². The summed E-state index contributed by atoms with van der Waals surface area (Å²) in [6, 6.07) is 3.70. The number of allylic oxidation sites excluding steroid dienone is 1. The number of fused-ring (bicyclic) bond motifs is 1. The predicted octanol–water partition coefficient (Wildman–Crippen LogP) is 1.96. The van der Waals surface area contributed by atoms with Gasteiger partial charge in [0.25, 0.3) is 0 Å². The van der Waals surface area contributed by atoms with E-state index in [1.165, 1.54) is 0 Å². The number of rotatable bonds is 5. The Balaban J connectivity index is 1.65. The maximum atomic E-state index is 13.1. The molecule has 0 aliphatic carbocycles. The van der Waals surface area contributed by atoms with Crippen molar-refractivity contribution >= 4 is 34.8 Å². The molecule has 1 atom stereocenters. The first-order valence-electron chi connectivity index (χ1n) is 9.96. The third-order valence-corrected chi connectivity index (χ3v) is 4.76. The number of hydrogen-bond acceptors (Lipinski definition) is 8. The number of H-pyrrole nitrogens is 1. The number of aromatic nitrogens is 2. The number of nitrogens with zero attached hydrogens (tertiary/aromatic N) is 3. The minimum Gasteiger partial charge on any atom is -0.464 e. The van der Waals surface area contributed by atoms with Gasteiger partial charge < -0.3 is 19.2 Å². The monoisotopic (exact) mass is 412 g/mol. The van der Waals surface area contributed by atoms with Crippen molar-refractivity contribution in [2.45, 2.75) is 13.8 Å². The number of nitrogens with one attached hydrogen (secondary N) is 1. The molecule has 4 heterocycles. The second-order valence-corrected chi connectivity index (χ2v) is 7.58. The number of hydrazone groups is 1. The van der Waals surface area contributed by atoms with Crippen molar-refractivity contribution < 1.29 is 23.8 Å². The zero-order valence-corrected chi connectivity index (χ0v) is 17.0. The molecule has 0 amide bonds. The Labute approximate surface area is 173 Å². The number of aromatic amines is 1. The summed E-state index contributed by atoms with van der Waals surface area (Å²) in [7, 11) is 0. The van der Waals surface area contributed by atoms with Crippen molar-refractivity contribution in [3.63, 3.8) is 0 Å². The number of hydrogen-bond donors (Lipinski definition) is 1. The first-order valence-corrected chi connectivity index (χ1v) is 9.96. The number of morpholine rings is 1. The van der Waals surface area contributed by atoms with Crippen molar-refractivity contribution in [2.75, 3.05) is 32.9 Å². The Hall–Kier alpha value is -3.20. The van der Waals surface area contributed by atoms with Crippen LogP contribution in [0.25, 0.3) is 17.1 Å². The first-order chi connectivity index (χ1) is 14.5. The van der Waals surface area contributed by atoms with Gasteiger partial charge in [-0.25, -0.2) is 4.98 Å². The van der Waals surface area contributed by atoms with Crippen LogP contribution in [0, 0.1) is 11.8 Å². The summed E-state index contributed by atoms with van der Waals surface area (Å²) in [5.74, 6) is -2.07. The SMILES string of the molecule is CC(C)COC(=O)C1C(=O)/C(=C/c2c[nH]c3ncccc23)OC1=NN1CCOCC1. The van der Waals surface area contributed by atoms with Crippen LogP contribution in [0.3, 0.4) is 0 Å². The van der Waals surface area contributed by atoms with Gasteiger partial charge in [0.1, 0.15) is 5.65 Å². The molecule has 0 radical (unpaired) electrons. The van der Waals surface area contributed by atoms with E-state index in [1.807, 2.05) is 26.0 Å². The van der Waals surface area contributed by atoms with E-state index in [2.05, 4.69) is 15.1 Å². The lowest BCUT2D eigenvalue weighted by molar-refractivity contribution is -0.149. The Morgan fingerprint density at radius 2 is 2.23 bits per heavy atom. The number of ether oxygens (including phenoxy) is 3. The third kappa shape index (κ3) is 4.20. The van der Waals surface area contributed by atoms with E-state index in [0.29, 0.717) is 32.0 Å². The molecular formula is C21H24N4O5. The summed E-state index contributed by atoms with van der Waals surface area (Å²) < 4.78 is 16.4. The smallest absolute Gasteiger partial charge is 0.326 e. The van der Waals surface area contributed by atoms with E-state index in [-0.39, 0.29) is 24.2 Å². The molecule has 0 bridgehead atoms. The van der Waals surface area contributed by atoms with Crippen molar-refractivity contribution in [1.82, 2.24) is 15.0 Å². The van der Waals surface area contributed by atoms with Gasteiger partial charge in [0.05, 0.1) is 32.9 Å². The lowest BCUT2D eigenvalue weighted by Gasteiger charge is -2.24. The first kappa shape index (κ1) is 20.1. The molecule has 2 aromatic heterocycles. The zero-order valence-electron chi connectivity index (χ0n) is 17.0. The number of ketones is 1. The zero-order chi connectivity index (χ0) is 21.1. The van der Waals surface area contributed by atoms with Gasteiger partial charge in [0, 0.05) is 23.3 Å². The molecule has 0 aromatic carbocycles. The van der Waals surface area contributed by atoms with Gasteiger partial charge in [-0.05, 0) is 24.1 Å². The van der Waals surface area contributed by atoms with E-state index in [1.54, 1.807) is 23.5 Å². The van der Waals surface area contributed by atoms with Gasteiger partial charge >= 0.3 is 5.97 Å². The van der Waals surface area contributed by atoms with Crippen LogP contribution in [0.15, 0.2) is 35.4 Å². The molecule has 0 spiro atoms. The van der Waals surface area contributed by atoms with Gasteiger partial charge in [0.15, 0.2) is 5.76 Å². The second-order valence-electron chi connectivity index (χ2n) is 7.58. The summed E-state index contributed by atoms with van der Waals surface area (Å²) in [4.78, 5) is 33.0. The highest BCUT2D eigenvalue weighted by molar-refractivity contribution is 6.27. The van der Waals surface area contributed by atoms with Gasteiger partial charge in [-0.2, -0.15) is 0 Å². The van der Waals surface area contributed by atoms with Gasteiger partial charge in [-0.1, -0.05) is 13.8 Å². The highest BCUT2D eigenvalue weighted by Crippen LogP contribution is 2.28. The molecule has 158 valence electrons. The molecule has 1 N–H and O–H groups in total. The fourth-order valence-electron chi connectivity index (χ4n) is 3.23. The average molecular weight is 412 g/mol. The van der Waals surface area contributed by atoms with Crippen molar-refractivity contribution in [3.05, 3.63) is 35.8 Å². The summed E-state index contributed by atoms with van der Waals surface area (Å²) in [6.07, 6.45) is 5.03. The van der Waals surface area contributed by atoms with Crippen LogP contribution in [0.4, 0.5) is 0 Å². The highest BCUT2D eigenvalue weighted by Gasteiger charge is 2.45. The third-order valence-electron chi connectivity index (χ3n) is 4.76. The fourth-order valence-corrected chi connectivity index (χ4v) is 3.23. The quantitative estimate of drug-likeness (QED) is 0.455. The number of carbonyl (C=O) groups is 2. The summed E-state index contributed by atoms with van der Waals surface area (Å²) in [5.41, 5.74) is 1.44. The van der Waals surface area contributed by atoms with Gasteiger partial charge in [0.2, 0.25) is 17.6 Å². The number of esters is 1. The molecule has 0 saturated carbocycles. The largest absolute Gasteiger partial charge is 0.464 e. The molecule has 1 unspecified atom stereocenters. The van der Waals surface area contributed by atoms with Crippen LogP contribution in [0.1, 0.15) is 19.4 Å². The van der Waals surface area contributed by atoms with E-state index in [9.17, 15) is 9.59 Å². The summed E-state index contributed by atoms with van der Waals surface area (Å²) in [6.45, 7) is 6.25. The fraction of sp³-hybridized carbons (Fsp3) is 0.429. The van der Waals surface area contributed by atoms with E-state index >= 15 is 0 Å². The molecule has 9 nitrogen and oxygen atoms in total. The minimum atomic E-state index is -1.21. The molecule has 2 aliphatic rings. The molecule has 4 rings (SSSR count). The van der Waals surface area contributed by atoms with Gasteiger partial charge in [-0.3, -0.25) is 14.6 Å². The molecular weight excluding hydrogens is 388 g/mol. The van der Waals surface area contributed by atoms with E-state index < -0.39 is 17.7 Å². The Bertz CT molecular complexity index is 1000. The predicted molar refractivity (Wildman–Crippen MR) is 109 cm³/mol. The summed E-state index contributed by atoms with van der Waals surface area (Å²) in [5, 5.41) is 7.01. The number of carbonyl (C=O) groups excluding carboxylic acids is 2. The van der Waals surface area contributed by atoms with Crippen molar-refractivity contribution in [2.24, 2.45) is 16.9 Å². The molecule has 2 saturated heterocycles. The lowest BCUT2D eigenvalue weighted by atomic mass is 10.0. The molecule has 2 fully saturated rings. The Morgan fingerprint density at radius 3 is 3.00 bits per heavy atom. The number of Topliss-reactive ketones (excluding diaryl/α,β-unsaturated/α-hetero) is 1. The van der Waals surface area contributed by atoms with Gasteiger partial charge in [-0.15, -0.1) is 5.10 Å². The molecule has 2 aromatic rings. The highest BCUT2D eigenvalue weighted by atomic mass is 16.5. The molecule has 2 aliphatic heterocycles. The minimum absolute atomic E-state index is 0.0415. The van der Waals surface area contributed by atoms with Crippen LogP contribution in [-0.2, 0) is 23.8 Å². The Kier molecular flexibility index (Phi) is 5.80. The maximum absolute atomic E-state index is 13.1. The topological polar surface area (TPSA) is 106 Å². The average Bonchev–Trinajstić information content (AvgIpc) is 3.28. The maximum Gasteiger partial charge on any atom is 0.326 e. The molecule has 30 heavy (non-hydrogen) atoms. The van der Waals surface area contributed by atoms with E-state index in [0.717, 1.165) is 10.9 Å². The standard InChI is InChI=1S/C21H24N4O5/c1-13(2)12-29-21(27)17-18(26)16(30-20(17)24-25-6-8-28-9-7-25)10-14-11-23-19-15(14)4-3-5-22-19/h3-5,10-11,13,17H,6-9,12H2,1-2H3,(H,22,23)/b16-10-,24-20?. The summed E-state index contributed by atoms with van der Waals surface area (Å²) >= 11 is 0. The normalized spacial score (nSPS) is 22.3.